The minimum absolute atomic E-state index is 0.0781. The molecule has 3 aromatic rings. The lowest BCUT2D eigenvalue weighted by Gasteiger charge is -2.11. The molecule has 0 fully saturated rings. The highest BCUT2D eigenvalue weighted by Crippen LogP contribution is 2.39. The molecule has 2 heterocycles. The third kappa shape index (κ3) is 5.09. The first kappa shape index (κ1) is 22.2. The molecule has 0 bridgehead atoms. The Labute approximate surface area is 192 Å². The lowest BCUT2D eigenvalue weighted by atomic mass is 10.2. The van der Waals surface area contributed by atoms with Gasteiger partial charge in [0.1, 0.15) is 15.6 Å². The number of ether oxygens (including phenoxy) is 3. The summed E-state index contributed by atoms with van der Waals surface area (Å²) in [4.78, 5) is 40.4. The third-order valence-corrected chi connectivity index (χ3v) is 5.86. The molecule has 1 aliphatic heterocycles. The molecule has 1 N–H and O–H groups in total. The van der Waals surface area contributed by atoms with E-state index in [1.54, 1.807) is 6.92 Å². The lowest BCUT2D eigenvalue weighted by Crippen LogP contribution is -2.21. The van der Waals surface area contributed by atoms with Gasteiger partial charge in [-0.3, -0.25) is 14.9 Å². The summed E-state index contributed by atoms with van der Waals surface area (Å²) in [5, 5.41) is 14.5. The molecule has 0 aliphatic carbocycles. The molecule has 0 unspecified atom stereocenters. The van der Waals surface area contributed by atoms with E-state index in [4.69, 9.17) is 14.2 Å². The van der Waals surface area contributed by atoms with E-state index in [1.807, 2.05) is 30.3 Å². The van der Waals surface area contributed by atoms with E-state index >= 15 is 0 Å². The van der Waals surface area contributed by atoms with E-state index in [-0.39, 0.29) is 22.0 Å². The molecule has 0 atom stereocenters. The van der Waals surface area contributed by atoms with Gasteiger partial charge in [-0.15, -0.1) is 11.3 Å². The van der Waals surface area contributed by atoms with Gasteiger partial charge in [-0.2, -0.15) is 0 Å². The van der Waals surface area contributed by atoms with Crippen molar-refractivity contribution in [3.63, 3.8) is 0 Å². The van der Waals surface area contributed by atoms with E-state index in [0.29, 0.717) is 36.1 Å². The Morgan fingerprint density at radius 1 is 1.18 bits per heavy atom. The normalized spacial score (nSPS) is 12.5. The van der Waals surface area contributed by atoms with Crippen LogP contribution in [0, 0.1) is 17.0 Å². The van der Waals surface area contributed by atoms with Gasteiger partial charge in [-0.25, -0.2) is 9.78 Å². The molecular weight excluding hydrogens is 450 g/mol. The number of anilines is 1. The number of esters is 1. The molecule has 10 nitrogen and oxygen atoms in total. The number of carbonyl (C=O) groups excluding carboxylic acids is 2. The second-order valence-corrected chi connectivity index (χ2v) is 8.05. The van der Waals surface area contributed by atoms with Gasteiger partial charge in [0.15, 0.2) is 18.1 Å². The van der Waals surface area contributed by atoms with Gasteiger partial charge in [0, 0.05) is 18.1 Å². The van der Waals surface area contributed by atoms with Crippen LogP contribution in [0.1, 0.15) is 21.8 Å². The molecule has 33 heavy (non-hydrogen) atoms. The maximum absolute atomic E-state index is 12.5. The molecule has 1 aliphatic rings. The number of aryl methyl sites for hydroxylation is 1. The van der Waals surface area contributed by atoms with Gasteiger partial charge < -0.3 is 19.5 Å². The van der Waals surface area contributed by atoms with E-state index in [1.165, 1.54) is 12.1 Å². The molecule has 4 rings (SSSR count). The van der Waals surface area contributed by atoms with Gasteiger partial charge in [0.2, 0.25) is 0 Å². The Morgan fingerprint density at radius 2 is 1.88 bits per heavy atom. The number of nitrogens with one attached hydrogen (secondary N) is 1. The summed E-state index contributed by atoms with van der Waals surface area (Å²) in [6.45, 7) is 1.81. The highest BCUT2D eigenvalue weighted by Gasteiger charge is 2.24. The monoisotopic (exact) mass is 469 g/mol. The third-order valence-electron chi connectivity index (χ3n) is 4.67. The number of nitrogens with zero attached hydrogens (tertiary/aromatic N) is 2. The fourth-order valence-corrected chi connectivity index (χ4v) is 4.09. The number of nitro benzene ring substituents is 1. The van der Waals surface area contributed by atoms with Crippen LogP contribution in [0.3, 0.4) is 0 Å². The Morgan fingerprint density at radius 3 is 2.58 bits per heavy atom. The fraction of sp³-hybridized carbons (Fsp3) is 0.227. The van der Waals surface area contributed by atoms with E-state index in [0.717, 1.165) is 16.9 Å². The van der Waals surface area contributed by atoms with Crippen molar-refractivity contribution in [2.24, 2.45) is 0 Å². The van der Waals surface area contributed by atoms with Crippen LogP contribution in [0.5, 0.6) is 11.5 Å². The van der Waals surface area contributed by atoms with Crippen molar-refractivity contribution >= 4 is 34.6 Å². The summed E-state index contributed by atoms with van der Waals surface area (Å²) in [6, 6.07) is 11.9. The maximum Gasteiger partial charge on any atom is 0.350 e. The molecule has 0 radical (unpaired) electrons. The highest BCUT2D eigenvalue weighted by atomic mass is 32.1. The van der Waals surface area contributed by atoms with Crippen molar-refractivity contribution in [1.29, 1.82) is 0 Å². The summed E-state index contributed by atoms with van der Waals surface area (Å²) in [7, 11) is 0. The lowest BCUT2D eigenvalue weighted by molar-refractivity contribution is -0.384. The van der Waals surface area contributed by atoms with Crippen LogP contribution >= 0.6 is 11.3 Å². The number of benzene rings is 2. The van der Waals surface area contributed by atoms with E-state index < -0.39 is 23.4 Å². The number of thiazole rings is 1. The minimum Gasteiger partial charge on any atom is -0.489 e. The maximum atomic E-state index is 12.5. The average molecular weight is 469 g/mol. The molecule has 1 amide bonds. The summed E-state index contributed by atoms with van der Waals surface area (Å²) in [6.07, 6.45) is 0.628. The average Bonchev–Trinajstić information content (AvgIpc) is 3.05. The quantitative estimate of drug-likeness (QED) is 0.326. The van der Waals surface area contributed by atoms with Gasteiger partial charge in [0.05, 0.1) is 29.9 Å². The zero-order valence-corrected chi connectivity index (χ0v) is 18.3. The van der Waals surface area contributed by atoms with Gasteiger partial charge in [-0.05, 0) is 6.92 Å². The Hall–Kier alpha value is -3.99. The number of nitro groups is 1. The SMILES string of the molecule is Cc1nc(-c2ccccc2)sc1C(=O)OCC(=O)Nc1cc2c(cc1[N+](=O)[O-])OCCCO2. The number of hydrogen-bond donors (Lipinski definition) is 1. The second-order valence-electron chi connectivity index (χ2n) is 7.05. The van der Waals surface area contributed by atoms with Crippen molar-refractivity contribution in [3.05, 3.63) is 63.1 Å². The van der Waals surface area contributed by atoms with Crippen LogP contribution in [0.15, 0.2) is 42.5 Å². The van der Waals surface area contributed by atoms with Gasteiger partial charge >= 0.3 is 5.97 Å². The summed E-state index contributed by atoms with van der Waals surface area (Å²) in [5.74, 6) is -0.903. The molecule has 2 aromatic carbocycles. The molecule has 0 saturated heterocycles. The van der Waals surface area contributed by atoms with Crippen molar-refractivity contribution in [2.75, 3.05) is 25.1 Å². The van der Waals surface area contributed by atoms with Crippen molar-refractivity contribution in [1.82, 2.24) is 4.98 Å². The predicted octanol–water partition coefficient (Wildman–Crippen LogP) is 3.98. The van der Waals surface area contributed by atoms with Crippen molar-refractivity contribution in [2.45, 2.75) is 13.3 Å². The predicted molar refractivity (Wildman–Crippen MR) is 120 cm³/mol. The zero-order valence-electron chi connectivity index (χ0n) is 17.5. The summed E-state index contributed by atoms with van der Waals surface area (Å²) >= 11 is 1.16. The first-order valence-corrected chi connectivity index (χ1v) is 10.8. The number of fused-ring (bicyclic) bond motifs is 1. The van der Waals surface area contributed by atoms with Crippen molar-refractivity contribution in [3.8, 4) is 22.1 Å². The van der Waals surface area contributed by atoms with Crippen molar-refractivity contribution < 1.29 is 28.7 Å². The van der Waals surface area contributed by atoms with Gasteiger partial charge in [0.25, 0.3) is 11.6 Å². The molecule has 0 spiro atoms. The first-order chi connectivity index (χ1) is 15.9. The highest BCUT2D eigenvalue weighted by molar-refractivity contribution is 7.17. The largest absolute Gasteiger partial charge is 0.489 e. The number of amides is 1. The zero-order chi connectivity index (χ0) is 23.4. The topological polar surface area (TPSA) is 130 Å². The standard InChI is InChI=1S/C22H19N3O7S/c1-13-20(33-21(23-13)14-6-3-2-4-7-14)22(27)32-12-19(26)24-15-10-17-18(11-16(15)25(28)29)31-9-5-8-30-17/h2-4,6-7,10-11H,5,8-9,12H2,1H3,(H,24,26). The van der Waals surface area contributed by atoms with Crippen LogP contribution in [-0.4, -0.2) is 41.6 Å². The second kappa shape index (κ2) is 9.65. The van der Waals surface area contributed by atoms with Crippen LogP contribution in [-0.2, 0) is 9.53 Å². The Bertz CT molecular complexity index is 1210. The Balaban J connectivity index is 1.44. The number of rotatable bonds is 6. The fourth-order valence-electron chi connectivity index (χ4n) is 3.12. The Kier molecular flexibility index (Phi) is 6.50. The summed E-state index contributed by atoms with van der Waals surface area (Å²) < 4.78 is 16.1. The van der Waals surface area contributed by atoms with Crippen LogP contribution in [0.25, 0.3) is 10.6 Å². The van der Waals surface area contributed by atoms with Gasteiger partial charge in [-0.1, -0.05) is 30.3 Å². The van der Waals surface area contributed by atoms with E-state index in [9.17, 15) is 19.7 Å². The van der Waals surface area contributed by atoms with Crippen LogP contribution in [0.4, 0.5) is 11.4 Å². The summed E-state index contributed by atoms with van der Waals surface area (Å²) in [5.41, 5.74) is 0.919. The van der Waals surface area contributed by atoms with E-state index in [2.05, 4.69) is 10.3 Å². The van der Waals surface area contributed by atoms with Crippen LogP contribution in [0.2, 0.25) is 0 Å². The van der Waals surface area contributed by atoms with Crippen LogP contribution < -0.4 is 14.8 Å². The minimum atomic E-state index is -0.730. The number of hydrogen-bond acceptors (Lipinski definition) is 9. The first-order valence-electron chi connectivity index (χ1n) is 10.00. The molecule has 0 saturated carbocycles. The molecule has 11 heteroatoms. The number of aromatic nitrogens is 1. The molecule has 1 aromatic heterocycles. The molecular formula is C22H19N3O7S. The number of carbonyl (C=O) groups is 2. The molecule has 170 valence electrons. The smallest absolute Gasteiger partial charge is 0.350 e.